The van der Waals surface area contributed by atoms with Crippen molar-refractivity contribution in [2.24, 2.45) is 5.92 Å². The second kappa shape index (κ2) is 15.4. The van der Waals surface area contributed by atoms with Gasteiger partial charge in [0.05, 0.1) is 20.6 Å². The number of carbonyl (C=O) groups is 2. The number of nitrogens with one attached hydrogen (secondary N) is 1. The second-order valence-corrected chi connectivity index (χ2v) is 14.0. The van der Waals surface area contributed by atoms with E-state index < -0.39 is 28.5 Å². The van der Waals surface area contributed by atoms with E-state index in [1.807, 2.05) is 75.4 Å². The molecule has 0 aliphatic heterocycles. The van der Waals surface area contributed by atoms with Crippen LogP contribution in [0.5, 0.6) is 0 Å². The number of carbonyl (C=O) groups excluding carboxylic acids is 2. The maximum atomic E-state index is 14.5. The number of hydrogen-bond donors (Lipinski definition) is 1. The highest BCUT2D eigenvalue weighted by Crippen LogP contribution is 2.31. The summed E-state index contributed by atoms with van der Waals surface area (Å²) in [5, 5.41) is 3.38. The van der Waals surface area contributed by atoms with Gasteiger partial charge in [0, 0.05) is 19.5 Å². The van der Waals surface area contributed by atoms with Crippen LogP contribution in [0.4, 0.5) is 5.69 Å². The van der Waals surface area contributed by atoms with Crippen LogP contribution in [0.25, 0.3) is 0 Å². The van der Waals surface area contributed by atoms with Crippen LogP contribution in [-0.2, 0) is 32.6 Å². The van der Waals surface area contributed by atoms with E-state index in [2.05, 4.69) is 5.32 Å². The van der Waals surface area contributed by atoms with Crippen LogP contribution in [0.2, 0.25) is 10.0 Å². The molecule has 4 rings (SSSR count). The molecule has 0 spiro atoms. The summed E-state index contributed by atoms with van der Waals surface area (Å²) >= 11 is 12.5. The molecule has 0 saturated heterocycles. The fourth-order valence-corrected chi connectivity index (χ4v) is 6.47. The van der Waals surface area contributed by atoms with E-state index >= 15 is 0 Å². The molecule has 1 atom stereocenters. The first-order valence-corrected chi connectivity index (χ1v) is 16.8. The van der Waals surface area contributed by atoms with Crippen LogP contribution >= 0.6 is 23.2 Å². The molecule has 4 aromatic carbocycles. The molecule has 0 fully saturated rings. The number of hydrogen-bond acceptors (Lipinski definition) is 4. The predicted octanol–water partition coefficient (Wildman–Crippen LogP) is 6.91. The van der Waals surface area contributed by atoms with Gasteiger partial charge < -0.3 is 10.2 Å². The third kappa shape index (κ3) is 9.10. The summed E-state index contributed by atoms with van der Waals surface area (Å²) < 4.78 is 29.1. The van der Waals surface area contributed by atoms with Gasteiger partial charge in [-0.1, -0.05) is 115 Å². The lowest BCUT2D eigenvalue weighted by molar-refractivity contribution is -0.140. The van der Waals surface area contributed by atoms with Gasteiger partial charge >= 0.3 is 0 Å². The molecular weight excluding hydrogens is 629 g/mol. The number of nitrogens with zero attached hydrogens (tertiary/aromatic N) is 2. The topological polar surface area (TPSA) is 86.8 Å². The zero-order chi connectivity index (χ0) is 32.6. The Labute approximate surface area is 275 Å². The van der Waals surface area contributed by atoms with Gasteiger partial charge in [0.15, 0.2) is 0 Å². The van der Waals surface area contributed by atoms with Crippen molar-refractivity contribution in [3.05, 3.63) is 130 Å². The van der Waals surface area contributed by atoms with Crippen LogP contribution in [0.1, 0.15) is 30.5 Å². The van der Waals surface area contributed by atoms with Crippen LogP contribution in [0.15, 0.2) is 108 Å². The molecule has 45 heavy (non-hydrogen) atoms. The molecule has 0 aliphatic carbocycles. The lowest BCUT2D eigenvalue weighted by Gasteiger charge is -2.34. The highest BCUT2D eigenvalue weighted by molar-refractivity contribution is 7.92. The first-order chi connectivity index (χ1) is 21.5. The van der Waals surface area contributed by atoms with Crippen molar-refractivity contribution < 1.29 is 18.0 Å². The van der Waals surface area contributed by atoms with Gasteiger partial charge in [0.25, 0.3) is 10.0 Å². The molecule has 1 unspecified atom stereocenters. The van der Waals surface area contributed by atoms with E-state index in [9.17, 15) is 18.0 Å². The zero-order valence-electron chi connectivity index (χ0n) is 25.5. The average Bonchev–Trinajstić information content (AvgIpc) is 3.03. The Morgan fingerprint density at radius 1 is 0.800 bits per heavy atom. The van der Waals surface area contributed by atoms with Gasteiger partial charge in [-0.15, -0.1) is 0 Å². The summed E-state index contributed by atoms with van der Waals surface area (Å²) in [6.45, 7) is 5.88. The van der Waals surface area contributed by atoms with Crippen LogP contribution in [0.3, 0.4) is 0 Å². The minimum absolute atomic E-state index is 0.00414. The Hall–Kier alpha value is -3.85. The summed E-state index contributed by atoms with van der Waals surface area (Å²) in [5.41, 5.74) is 2.88. The Morgan fingerprint density at radius 2 is 1.42 bits per heavy atom. The Kier molecular flexibility index (Phi) is 11.7. The van der Waals surface area contributed by atoms with E-state index in [4.69, 9.17) is 23.2 Å². The third-order valence-electron chi connectivity index (χ3n) is 7.23. The van der Waals surface area contributed by atoms with E-state index in [1.54, 1.807) is 18.2 Å². The lowest BCUT2D eigenvalue weighted by Crippen LogP contribution is -2.53. The number of aryl methyl sites for hydroxylation is 1. The standard InChI is InChI=1S/C35H37Cl2N3O4S/c1-25(2)22-38-35(42)33(20-27-10-6-4-7-11-27)39(23-28-16-14-26(3)15-17-28)34(41)24-40(29-18-19-31(36)32(37)21-29)45(43,44)30-12-8-5-9-13-30/h4-19,21,25,33H,20,22-24H2,1-3H3,(H,38,42). The SMILES string of the molecule is Cc1ccc(CN(C(=O)CN(c2ccc(Cl)c(Cl)c2)S(=O)(=O)c2ccccc2)C(Cc2ccccc2)C(=O)NCC(C)C)cc1. The van der Waals surface area contributed by atoms with E-state index in [0.29, 0.717) is 6.54 Å². The molecule has 236 valence electrons. The Bertz CT molecular complexity index is 1700. The number of amides is 2. The fourth-order valence-electron chi connectivity index (χ4n) is 4.76. The summed E-state index contributed by atoms with van der Waals surface area (Å²) in [4.78, 5) is 29.8. The molecule has 0 radical (unpaired) electrons. The van der Waals surface area contributed by atoms with Gasteiger partial charge in [-0.05, 0) is 54.3 Å². The molecular formula is C35H37Cl2N3O4S. The van der Waals surface area contributed by atoms with Gasteiger partial charge in [-0.3, -0.25) is 13.9 Å². The first-order valence-electron chi connectivity index (χ1n) is 14.6. The van der Waals surface area contributed by atoms with Crippen LogP contribution in [0, 0.1) is 12.8 Å². The maximum absolute atomic E-state index is 14.5. The van der Waals surface area contributed by atoms with Gasteiger partial charge in [-0.25, -0.2) is 8.42 Å². The number of anilines is 1. The molecule has 0 aromatic heterocycles. The quantitative estimate of drug-likeness (QED) is 0.168. The minimum atomic E-state index is -4.23. The van der Waals surface area contributed by atoms with E-state index in [-0.39, 0.29) is 45.4 Å². The predicted molar refractivity (Wildman–Crippen MR) is 181 cm³/mol. The Morgan fingerprint density at radius 3 is 2.02 bits per heavy atom. The Balaban J connectivity index is 1.80. The van der Waals surface area contributed by atoms with E-state index in [0.717, 1.165) is 21.0 Å². The minimum Gasteiger partial charge on any atom is -0.354 e. The number of benzene rings is 4. The number of halogens is 2. The molecule has 0 bridgehead atoms. The summed E-state index contributed by atoms with van der Waals surface area (Å²) in [7, 11) is -4.23. The number of sulfonamides is 1. The van der Waals surface area contributed by atoms with Gasteiger partial charge in [0.1, 0.15) is 12.6 Å². The summed E-state index contributed by atoms with van der Waals surface area (Å²) in [6.07, 6.45) is 0.237. The summed E-state index contributed by atoms with van der Waals surface area (Å²) in [5.74, 6) is -0.685. The molecule has 7 nitrogen and oxygen atoms in total. The van der Waals surface area contributed by atoms with Gasteiger partial charge in [0.2, 0.25) is 11.8 Å². The van der Waals surface area contributed by atoms with Crippen molar-refractivity contribution in [2.45, 2.75) is 44.7 Å². The van der Waals surface area contributed by atoms with Crippen molar-refractivity contribution in [1.29, 1.82) is 0 Å². The molecule has 2 amide bonds. The lowest BCUT2D eigenvalue weighted by atomic mass is 10.0. The zero-order valence-corrected chi connectivity index (χ0v) is 27.8. The molecule has 0 saturated carbocycles. The number of rotatable bonds is 13. The van der Waals surface area contributed by atoms with Crippen molar-refractivity contribution in [3.8, 4) is 0 Å². The highest BCUT2D eigenvalue weighted by Gasteiger charge is 2.34. The largest absolute Gasteiger partial charge is 0.354 e. The third-order valence-corrected chi connectivity index (χ3v) is 9.76. The van der Waals surface area contributed by atoms with Crippen LogP contribution < -0.4 is 9.62 Å². The molecule has 0 heterocycles. The van der Waals surface area contributed by atoms with Crippen molar-refractivity contribution in [3.63, 3.8) is 0 Å². The van der Waals surface area contributed by atoms with Crippen molar-refractivity contribution in [2.75, 3.05) is 17.4 Å². The molecule has 10 heteroatoms. The first kappa shape index (κ1) is 34.0. The molecule has 4 aromatic rings. The smallest absolute Gasteiger partial charge is 0.264 e. The van der Waals surface area contributed by atoms with Crippen molar-refractivity contribution >= 4 is 50.7 Å². The van der Waals surface area contributed by atoms with Crippen molar-refractivity contribution in [1.82, 2.24) is 10.2 Å². The van der Waals surface area contributed by atoms with Gasteiger partial charge in [-0.2, -0.15) is 0 Å². The molecule has 0 aliphatic rings. The monoisotopic (exact) mass is 665 g/mol. The van der Waals surface area contributed by atoms with Crippen LogP contribution in [-0.4, -0.2) is 44.3 Å². The second-order valence-electron chi connectivity index (χ2n) is 11.3. The summed E-state index contributed by atoms with van der Waals surface area (Å²) in [6, 6.07) is 28.5. The highest BCUT2D eigenvalue weighted by atomic mass is 35.5. The molecule has 1 N–H and O–H groups in total. The van der Waals surface area contributed by atoms with E-state index in [1.165, 1.54) is 35.2 Å². The fraction of sp³-hybridized carbons (Fsp3) is 0.257. The average molecular weight is 667 g/mol. The normalized spacial score (nSPS) is 12.0. The maximum Gasteiger partial charge on any atom is 0.264 e.